The molecule has 1 N–H and O–H groups in total. The van der Waals surface area contributed by atoms with Crippen molar-refractivity contribution in [3.8, 4) is 0 Å². The lowest BCUT2D eigenvalue weighted by molar-refractivity contribution is 0.0938. The molecule has 0 spiro atoms. The highest BCUT2D eigenvalue weighted by Gasteiger charge is 2.23. The van der Waals surface area contributed by atoms with E-state index in [4.69, 9.17) is 11.6 Å². The summed E-state index contributed by atoms with van der Waals surface area (Å²) in [5.41, 5.74) is 1.04. The van der Waals surface area contributed by atoms with Crippen LogP contribution >= 0.6 is 11.6 Å². The Morgan fingerprint density at radius 1 is 1.19 bits per heavy atom. The van der Waals surface area contributed by atoms with Crippen LogP contribution in [0.3, 0.4) is 0 Å². The maximum atomic E-state index is 12.9. The molecule has 1 atom stereocenters. The standard InChI is InChI=1S/C20H25ClN2O3S/c1-4-8-15(2)22-20(24)18-13-17(11-12-19(18)21)27(25,26)23(3)14-16-9-6-5-7-10-16/h5-7,9-13,15H,4,8,14H2,1-3H3,(H,22,24). The zero-order valence-corrected chi connectivity index (χ0v) is 17.3. The molecule has 2 aromatic rings. The van der Waals surface area contributed by atoms with Gasteiger partial charge in [-0.1, -0.05) is 55.3 Å². The van der Waals surface area contributed by atoms with Crippen molar-refractivity contribution in [1.82, 2.24) is 9.62 Å². The van der Waals surface area contributed by atoms with Crippen LogP contribution in [0.15, 0.2) is 53.4 Å². The predicted octanol–water partition coefficient (Wildman–Crippen LogP) is 4.08. The third-order valence-corrected chi connectivity index (χ3v) is 6.37. The van der Waals surface area contributed by atoms with Gasteiger partial charge in [-0.2, -0.15) is 4.31 Å². The van der Waals surface area contributed by atoms with Crippen LogP contribution in [0, 0.1) is 0 Å². The molecule has 2 aromatic carbocycles. The summed E-state index contributed by atoms with van der Waals surface area (Å²) < 4.78 is 27.1. The van der Waals surface area contributed by atoms with E-state index in [2.05, 4.69) is 5.32 Å². The van der Waals surface area contributed by atoms with Crippen molar-refractivity contribution in [1.29, 1.82) is 0 Å². The molecule has 0 aliphatic carbocycles. The Labute approximate surface area is 166 Å². The van der Waals surface area contributed by atoms with E-state index in [9.17, 15) is 13.2 Å². The highest BCUT2D eigenvalue weighted by Crippen LogP contribution is 2.23. The molecule has 2 rings (SSSR count). The monoisotopic (exact) mass is 408 g/mol. The molecule has 1 amide bonds. The summed E-state index contributed by atoms with van der Waals surface area (Å²) in [4.78, 5) is 12.5. The number of sulfonamides is 1. The molecule has 0 fully saturated rings. The number of hydrogen-bond acceptors (Lipinski definition) is 3. The van der Waals surface area contributed by atoms with E-state index in [1.54, 1.807) is 0 Å². The number of carbonyl (C=O) groups excluding carboxylic acids is 1. The summed E-state index contributed by atoms with van der Waals surface area (Å²) in [6.07, 6.45) is 1.77. The number of hydrogen-bond donors (Lipinski definition) is 1. The molecular weight excluding hydrogens is 384 g/mol. The maximum Gasteiger partial charge on any atom is 0.253 e. The molecule has 1 unspecified atom stereocenters. The Morgan fingerprint density at radius 3 is 2.48 bits per heavy atom. The lowest BCUT2D eigenvalue weighted by Gasteiger charge is -2.18. The fraction of sp³-hybridized carbons (Fsp3) is 0.350. The Kier molecular flexibility index (Phi) is 7.41. The third kappa shape index (κ3) is 5.54. The topological polar surface area (TPSA) is 66.5 Å². The van der Waals surface area contributed by atoms with Gasteiger partial charge in [0.2, 0.25) is 10.0 Å². The Morgan fingerprint density at radius 2 is 1.85 bits per heavy atom. The van der Waals surface area contributed by atoms with Crippen molar-refractivity contribution in [3.05, 3.63) is 64.7 Å². The van der Waals surface area contributed by atoms with Crippen LogP contribution < -0.4 is 5.32 Å². The SMILES string of the molecule is CCCC(C)NC(=O)c1cc(S(=O)(=O)N(C)Cc2ccccc2)ccc1Cl. The van der Waals surface area contributed by atoms with Gasteiger partial charge in [0.1, 0.15) is 0 Å². The lowest BCUT2D eigenvalue weighted by Crippen LogP contribution is -2.33. The van der Waals surface area contributed by atoms with Crippen LogP contribution in [0.25, 0.3) is 0 Å². The second-order valence-electron chi connectivity index (χ2n) is 6.55. The molecule has 0 saturated carbocycles. The molecule has 7 heteroatoms. The van der Waals surface area contributed by atoms with Crippen LogP contribution in [0.4, 0.5) is 0 Å². The van der Waals surface area contributed by atoms with Gasteiger partial charge in [-0.25, -0.2) is 8.42 Å². The van der Waals surface area contributed by atoms with Gasteiger partial charge in [-0.3, -0.25) is 4.79 Å². The largest absolute Gasteiger partial charge is 0.350 e. The average molecular weight is 409 g/mol. The predicted molar refractivity (Wildman–Crippen MR) is 108 cm³/mol. The third-order valence-electron chi connectivity index (χ3n) is 4.24. The molecule has 0 heterocycles. The van der Waals surface area contributed by atoms with Crippen LogP contribution in [0.1, 0.15) is 42.6 Å². The van der Waals surface area contributed by atoms with E-state index < -0.39 is 10.0 Å². The number of halogens is 1. The summed E-state index contributed by atoms with van der Waals surface area (Å²) in [6.45, 7) is 4.18. The summed E-state index contributed by atoms with van der Waals surface area (Å²) in [5.74, 6) is -0.372. The molecule has 27 heavy (non-hydrogen) atoms. The molecule has 5 nitrogen and oxygen atoms in total. The molecule has 0 aromatic heterocycles. The van der Waals surface area contributed by atoms with Gasteiger partial charge >= 0.3 is 0 Å². The average Bonchev–Trinajstić information content (AvgIpc) is 2.62. The minimum Gasteiger partial charge on any atom is -0.350 e. The normalized spacial score (nSPS) is 12.8. The van der Waals surface area contributed by atoms with Crippen molar-refractivity contribution in [2.45, 2.75) is 44.2 Å². The van der Waals surface area contributed by atoms with Gasteiger partial charge in [0, 0.05) is 19.6 Å². The van der Waals surface area contributed by atoms with E-state index in [0.29, 0.717) is 0 Å². The molecule has 0 aliphatic heterocycles. The molecular formula is C20H25ClN2O3S. The van der Waals surface area contributed by atoms with E-state index >= 15 is 0 Å². The van der Waals surface area contributed by atoms with Gasteiger partial charge in [0.25, 0.3) is 5.91 Å². The smallest absolute Gasteiger partial charge is 0.253 e. The van der Waals surface area contributed by atoms with Gasteiger partial charge < -0.3 is 5.32 Å². The number of benzene rings is 2. The van der Waals surface area contributed by atoms with E-state index in [-0.39, 0.29) is 34.0 Å². The van der Waals surface area contributed by atoms with Crippen LogP contribution in [-0.4, -0.2) is 31.7 Å². The first-order valence-electron chi connectivity index (χ1n) is 8.86. The van der Waals surface area contributed by atoms with Crippen LogP contribution in [-0.2, 0) is 16.6 Å². The van der Waals surface area contributed by atoms with E-state index in [1.807, 2.05) is 44.2 Å². The maximum absolute atomic E-state index is 12.9. The first kappa shape index (κ1) is 21.4. The fourth-order valence-corrected chi connectivity index (χ4v) is 4.14. The number of rotatable bonds is 8. The summed E-state index contributed by atoms with van der Waals surface area (Å²) >= 11 is 6.14. The van der Waals surface area contributed by atoms with Gasteiger partial charge in [0.15, 0.2) is 0 Å². The first-order chi connectivity index (χ1) is 12.8. The minimum atomic E-state index is -3.75. The fourth-order valence-electron chi connectivity index (χ4n) is 2.75. The zero-order chi connectivity index (χ0) is 20.0. The molecule has 0 saturated heterocycles. The minimum absolute atomic E-state index is 0.0143. The highest BCUT2D eigenvalue weighted by atomic mass is 35.5. The van der Waals surface area contributed by atoms with Gasteiger partial charge in [0.05, 0.1) is 15.5 Å². The lowest BCUT2D eigenvalue weighted by atomic mass is 10.1. The molecule has 0 radical (unpaired) electrons. The Balaban J connectivity index is 2.25. The number of carbonyl (C=O) groups is 1. The highest BCUT2D eigenvalue weighted by molar-refractivity contribution is 7.89. The van der Waals surface area contributed by atoms with Crippen molar-refractivity contribution < 1.29 is 13.2 Å². The van der Waals surface area contributed by atoms with Crippen LogP contribution in [0.5, 0.6) is 0 Å². The molecule has 146 valence electrons. The van der Waals surface area contributed by atoms with E-state index in [0.717, 1.165) is 18.4 Å². The van der Waals surface area contributed by atoms with Crippen molar-refractivity contribution in [2.24, 2.45) is 0 Å². The zero-order valence-electron chi connectivity index (χ0n) is 15.8. The number of amides is 1. The summed E-state index contributed by atoms with van der Waals surface area (Å²) in [5, 5.41) is 3.08. The Hall–Kier alpha value is -1.89. The van der Waals surface area contributed by atoms with Crippen LogP contribution in [0.2, 0.25) is 5.02 Å². The first-order valence-corrected chi connectivity index (χ1v) is 10.7. The number of nitrogens with one attached hydrogen (secondary N) is 1. The van der Waals surface area contributed by atoms with E-state index in [1.165, 1.54) is 29.6 Å². The van der Waals surface area contributed by atoms with Gasteiger partial charge in [-0.15, -0.1) is 0 Å². The Bertz CT molecular complexity index is 885. The summed E-state index contributed by atoms with van der Waals surface area (Å²) in [6, 6.07) is 13.5. The van der Waals surface area contributed by atoms with Gasteiger partial charge in [-0.05, 0) is 37.1 Å². The molecule has 0 aliphatic rings. The molecule has 0 bridgehead atoms. The summed E-state index contributed by atoms with van der Waals surface area (Å²) in [7, 11) is -2.24. The second kappa shape index (κ2) is 9.35. The van der Waals surface area contributed by atoms with Crippen molar-refractivity contribution in [2.75, 3.05) is 7.05 Å². The van der Waals surface area contributed by atoms with Crippen molar-refractivity contribution in [3.63, 3.8) is 0 Å². The number of nitrogens with zero attached hydrogens (tertiary/aromatic N) is 1. The quantitative estimate of drug-likeness (QED) is 0.715. The second-order valence-corrected chi connectivity index (χ2v) is 9.00. The van der Waals surface area contributed by atoms with Crippen molar-refractivity contribution >= 4 is 27.5 Å².